The maximum atomic E-state index is 13.6. The average molecular weight is 678 g/mol. The molecule has 0 aliphatic carbocycles. The number of amides is 2. The molecule has 2 amide bonds. The van der Waals surface area contributed by atoms with Crippen LogP contribution in [0.5, 0.6) is 0 Å². The van der Waals surface area contributed by atoms with Crippen LogP contribution in [0.4, 0.5) is 26.3 Å². The number of thiazole rings is 1. The van der Waals surface area contributed by atoms with Crippen LogP contribution >= 0.6 is 34.5 Å². The molecule has 1 aliphatic heterocycles. The van der Waals surface area contributed by atoms with Crippen LogP contribution in [-0.2, 0) is 5.60 Å². The summed E-state index contributed by atoms with van der Waals surface area (Å²) in [6.45, 7) is 5.12. The fourth-order valence-electron chi connectivity index (χ4n) is 4.35. The van der Waals surface area contributed by atoms with Crippen molar-refractivity contribution in [2.45, 2.75) is 64.0 Å². The van der Waals surface area contributed by atoms with Gasteiger partial charge in [-0.15, -0.1) is 11.3 Å². The van der Waals surface area contributed by atoms with Gasteiger partial charge in [-0.05, 0) is 26.2 Å². The molecule has 238 valence electrons. The smallest absolute Gasteiger partial charge is 0.409 e. The summed E-state index contributed by atoms with van der Waals surface area (Å²) in [6.07, 6.45) is -10.3. The van der Waals surface area contributed by atoms with Gasteiger partial charge in [-0.3, -0.25) is 9.59 Å². The van der Waals surface area contributed by atoms with Gasteiger partial charge in [-0.25, -0.2) is 4.98 Å². The van der Waals surface area contributed by atoms with Crippen LogP contribution in [0.1, 0.15) is 65.9 Å². The summed E-state index contributed by atoms with van der Waals surface area (Å²) in [5.74, 6) is -1.65. The molecule has 0 radical (unpaired) electrons. The van der Waals surface area contributed by atoms with Crippen LogP contribution in [-0.4, -0.2) is 69.3 Å². The Balaban J connectivity index is 2.17. The van der Waals surface area contributed by atoms with Crippen molar-refractivity contribution in [1.29, 1.82) is 0 Å². The van der Waals surface area contributed by atoms with Gasteiger partial charge in [0, 0.05) is 35.7 Å². The minimum atomic E-state index is -6.22. The molecule has 18 heteroatoms. The predicted molar refractivity (Wildman–Crippen MR) is 147 cm³/mol. The van der Waals surface area contributed by atoms with Crippen molar-refractivity contribution in [1.82, 2.24) is 15.2 Å². The van der Waals surface area contributed by atoms with E-state index in [2.05, 4.69) is 15.5 Å². The number of carbonyl (C=O) groups excluding carboxylic acids is 2. The van der Waals surface area contributed by atoms with Gasteiger partial charge in [0.2, 0.25) is 0 Å². The van der Waals surface area contributed by atoms with Gasteiger partial charge >= 0.3 is 12.4 Å². The third-order valence-corrected chi connectivity index (χ3v) is 9.09. The molecule has 3 rings (SSSR count). The lowest BCUT2D eigenvalue weighted by Gasteiger charge is -2.34. The van der Waals surface area contributed by atoms with Gasteiger partial charge in [-0.1, -0.05) is 54.3 Å². The lowest BCUT2D eigenvalue weighted by Crippen LogP contribution is -2.54. The van der Waals surface area contributed by atoms with Crippen LogP contribution in [0, 0.1) is 5.41 Å². The summed E-state index contributed by atoms with van der Waals surface area (Å²) in [5, 5.41) is 21.9. The Kier molecular flexibility index (Phi) is 9.91. The number of oxime groups is 1. The molecule has 2 heterocycles. The van der Waals surface area contributed by atoms with Gasteiger partial charge in [0.15, 0.2) is 5.01 Å². The molecule has 1 aromatic carbocycles. The maximum absolute atomic E-state index is 13.6. The van der Waals surface area contributed by atoms with Crippen molar-refractivity contribution in [2.75, 3.05) is 13.1 Å². The van der Waals surface area contributed by atoms with Crippen LogP contribution < -0.4 is 11.1 Å². The number of hydrogen-bond donors (Lipinski definition) is 4. The number of halogens is 8. The maximum Gasteiger partial charge on any atom is 0.430 e. The fraction of sp³-hybridized carbons (Fsp3) is 0.520. The molecule has 1 saturated heterocycles. The van der Waals surface area contributed by atoms with E-state index in [0.29, 0.717) is 36.8 Å². The molecule has 1 aliphatic rings. The highest BCUT2D eigenvalue weighted by Gasteiger charge is 2.72. The van der Waals surface area contributed by atoms with E-state index in [1.54, 1.807) is 20.8 Å². The molecule has 0 saturated carbocycles. The molecule has 43 heavy (non-hydrogen) atoms. The van der Waals surface area contributed by atoms with Crippen molar-refractivity contribution in [2.24, 2.45) is 16.3 Å². The Hall–Kier alpha value is -2.82. The number of piperidine rings is 1. The first-order chi connectivity index (χ1) is 19.7. The Morgan fingerprint density at radius 3 is 2.28 bits per heavy atom. The zero-order valence-electron chi connectivity index (χ0n) is 22.8. The molecule has 0 bridgehead atoms. The first-order valence-electron chi connectivity index (χ1n) is 12.6. The minimum absolute atomic E-state index is 0.141. The SMILES string of the molecule is C[C@H]1CCCCN1C(=O)c1nc(C(=O)NCC(C)(C)/C(N)=N/O)sc1-c1ccc(C(O)(C(F)(F)F)C(F)(F)F)c(Cl)c1Cl. The third-order valence-electron chi connectivity index (χ3n) is 7.12. The van der Waals surface area contributed by atoms with E-state index in [0.717, 1.165) is 12.5 Å². The van der Waals surface area contributed by atoms with Crippen molar-refractivity contribution in [3.05, 3.63) is 38.4 Å². The fourth-order valence-corrected chi connectivity index (χ4v) is 5.98. The lowest BCUT2D eigenvalue weighted by atomic mass is 9.91. The van der Waals surface area contributed by atoms with Crippen LogP contribution in [0.15, 0.2) is 17.3 Å². The van der Waals surface area contributed by atoms with Gasteiger partial charge < -0.3 is 26.3 Å². The van der Waals surface area contributed by atoms with Crippen LogP contribution in [0.2, 0.25) is 10.0 Å². The van der Waals surface area contributed by atoms with E-state index < -0.39 is 50.8 Å². The number of benzene rings is 1. The zero-order valence-corrected chi connectivity index (χ0v) is 25.2. The second-order valence-corrected chi connectivity index (χ2v) is 12.3. The molecular formula is C25H27Cl2F6N5O4S. The molecule has 0 spiro atoms. The quantitative estimate of drug-likeness (QED) is 0.0939. The monoisotopic (exact) mass is 677 g/mol. The number of nitrogens with zero attached hydrogens (tertiary/aromatic N) is 3. The number of aliphatic hydroxyl groups is 1. The number of nitrogens with two attached hydrogens (primary N) is 1. The zero-order chi connectivity index (χ0) is 32.7. The van der Waals surface area contributed by atoms with Crippen molar-refractivity contribution in [3.8, 4) is 10.4 Å². The molecule has 9 nitrogen and oxygen atoms in total. The molecule has 5 N–H and O–H groups in total. The highest BCUT2D eigenvalue weighted by molar-refractivity contribution is 7.17. The third kappa shape index (κ3) is 6.51. The number of carbonyl (C=O) groups is 2. The summed E-state index contributed by atoms with van der Waals surface area (Å²) in [6, 6.07) is 0.810. The van der Waals surface area contributed by atoms with E-state index in [4.69, 9.17) is 34.1 Å². The largest absolute Gasteiger partial charge is 0.430 e. The first kappa shape index (κ1) is 34.7. The molecule has 2 aromatic rings. The van der Waals surface area contributed by atoms with Gasteiger partial charge in [-0.2, -0.15) is 26.3 Å². The van der Waals surface area contributed by atoms with Gasteiger partial charge in [0.05, 0.1) is 14.9 Å². The number of hydrogen-bond acceptors (Lipinski definition) is 7. The second-order valence-electron chi connectivity index (χ2n) is 10.6. The van der Waals surface area contributed by atoms with Crippen molar-refractivity contribution < 1.29 is 46.2 Å². The summed E-state index contributed by atoms with van der Waals surface area (Å²) >= 11 is 12.7. The van der Waals surface area contributed by atoms with Gasteiger partial charge in [0.25, 0.3) is 17.4 Å². The van der Waals surface area contributed by atoms with E-state index in [9.17, 15) is 41.0 Å². The summed E-state index contributed by atoms with van der Waals surface area (Å²) in [5.41, 5.74) is -3.10. The molecule has 0 unspecified atom stereocenters. The van der Waals surface area contributed by atoms with Crippen LogP contribution in [0.3, 0.4) is 0 Å². The van der Waals surface area contributed by atoms with E-state index in [1.807, 2.05) is 0 Å². The average Bonchev–Trinajstić information content (AvgIpc) is 3.36. The first-order valence-corrected chi connectivity index (χ1v) is 14.2. The number of likely N-dealkylation sites (tertiary alicyclic amines) is 1. The summed E-state index contributed by atoms with van der Waals surface area (Å²) in [7, 11) is 0. The number of alkyl halides is 6. The molecule has 1 aromatic heterocycles. The second kappa shape index (κ2) is 12.3. The Labute approximate surface area is 255 Å². The van der Waals surface area contributed by atoms with E-state index in [1.165, 1.54) is 4.90 Å². The number of amidine groups is 1. The summed E-state index contributed by atoms with van der Waals surface area (Å²) < 4.78 is 81.3. The molecular weight excluding hydrogens is 651 g/mol. The Bertz CT molecular complexity index is 1420. The van der Waals surface area contributed by atoms with Crippen LogP contribution in [0.25, 0.3) is 10.4 Å². The van der Waals surface area contributed by atoms with Gasteiger partial charge in [0.1, 0.15) is 11.5 Å². The normalized spacial score (nSPS) is 17.3. The molecule has 1 atom stereocenters. The predicted octanol–water partition coefficient (Wildman–Crippen LogP) is 5.95. The van der Waals surface area contributed by atoms with E-state index in [-0.39, 0.29) is 39.6 Å². The number of rotatable bonds is 7. The van der Waals surface area contributed by atoms with E-state index >= 15 is 0 Å². The van der Waals surface area contributed by atoms with Crippen molar-refractivity contribution in [3.63, 3.8) is 0 Å². The standard InChI is InChI=1S/C25H27Cl2F6N5O4S/c1-11-6-4-5-9-38(11)20(40)16-17(43-19(36-16)18(39)35-10-22(2,3)21(34)37-42)12-7-8-13(15(27)14(12)26)23(41,24(28,29)30)25(31,32)33/h7-8,11,41-42H,4-6,9-10H2,1-3H3,(H2,34,37)(H,35,39)/t11-/m0/s1. The topological polar surface area (TPSA) is 141 Å². The number of nitrogens with one attached hydrogen (secondary N) is 1. The van der Waals surface area contributed by atoms with Crippen molar-refractivity contribution >= 4 is 52.2 Å². The number of aromatic nitrogens is 1. The minimum Gasteiger partial charge on any atom is -0.409 e. The highest BCUT2D eigenvalue weighted by Crippen LogP contribution is 2.54. The summed E-state index contributed by atoms with van der Waals surface area (Å²) in [4.78, 5) is 32.2. The Morgan fingerprint density at radius 1 is 1.14 bits per heavy atom. The lowest BCUT2D eigenvalue weighted by molar-refractivity contribution is -0.376. The molecule has 1 fully saturated rings. The highest BCUT2D eigenvalue weighted by atomic mass is 35.5. The Morgan fingerprint density at radius 2 is 1.74 bits per heavy atom.